The second-order valence-electron chi connectivity index (χ2n) is 8.68. The number of aromatic carboxylic acids is 1. The first kappa shape index (κ1) is 21.4. The second-order valence-corrected chi connectivity index (χ2v) is 8.68. The van der Waals surface area contributed by atoms with Gasteiger partial charge in [0.05, 0.1) is 6.54 Å². The highest BCUT2D eigenvalue weighted by Crippen LogP contribution is 2.60. The van der Waals surface area contributed by atoms with Crippen LogP contribution in [0.1, 0.15) is 35.2 Å². The Morgan fingerprint density at radius 2 is 2.10 bits per heavy atom. The molecule has 3 unspecified atom stereocenters. The molecule has 1 saturated carbocycles. The van der Waals surface area contributed by atoms with E-state index >= 15 is 0 Å². The largest absolute Gasteiger partial charge is 0.535 e. The molecule has 2 heterocycles. The Morgan fingerprint density at radius 1 is 1.39 bits per heavy atom. The maximum atomic E-state index is 12.1. The number of likely N-dealkylation sites (tertiary alicyclic amines) is 1. The van der Waals surface area contributed by atoms with Crippen molar-refractivity contribution in [1.82, 2.24) is 10.2 Å². The van der Waals surface area contributed by atoms with E-state index in [1.807, 2.05) is 4.90 Å². The molecule has 0 radical (unpaired) electrons. The van der Waals surface area contributed by atoms with Crippen LogP contribution in [0.3, 0.4) is 0 Å². The summed E-state index contributed by atoms with van der Waals surface area (Å²) in [6.45, 7) is 2.38. The van der Waals surface area contributed by atoms with Crippen LogP contribution in [0.15, 0.2) is 12.1 Å². The lowest BCUT2D eigenvalue weighted by Crippen LogP contribution is -2.64. The molecule has 1 aromatic rings. The van der Waals surface area contributed by atoms with Crippen molar-refractivity contribution in [2.24, 2.45) is 11.5 Å². The van der Waals surface area contributed by atoms with Gasteiger partial charge >= 0.3 is 13.1 Å². The minimum atomic E-state index is -1.23. The van der Waals surface area contributed by atoms with Gasteiger partial charge in [-0.2, -0.15) is 0 Å². The summed E-state index contributed by atoms with van der Waals surface area (Å²) >= 11 is 0. The summed E-state index contributed by atoms with van der Waals surface area (Å²) in [6, 6.07) is 3.43. The quantitative estimate of drug-likeness (QED) is 0.306. The summed E-state index contributed by atoms with van der Waals surface area (Å²) in [4.78, 5) is 36.7. The summed E-state index contributed by atoms with van der Waals surface area (Å²) in [5.74, 6) is -1.85. The minimum absolute atomic E-state index is 0.0202. The standard InChI is InChI=1S/C19H25BN4O7/c1-19(22,18(28)23-5-14(21)25)8-24-6-9(7-24)30-13-3-2-10-11-4-12(11)20(29)31-16(10)15(13)17(26)27/h2-3,9,11-12,29H,4-8,22H2,1H3,(H2,21,25)(H,23,28)(H,26,27). The van der Waals surface area contributed by atoms with Crippen LogP contribution in [0.2, 0.25) is 5.82 Å². The number of carbonyl (C=O) groups is 3. The Morgan fingerprint density at radius 3 is 2.74 bits per heavy atom. The lowest BCUT2D eigenvalue weighted by Gasteiger charge is -2.42. The van der Waals surface area contributed by atoms with Crippen molar-refractivity contribution >= 4 is 24.9 Å². The second kappa shape index (κ2) is 7.70. The number of nitrogens with zero attached hydrogens (tertiary/aromatic N) is 1. The molecule has 12 heteroatoms. The Bertz CT molecular complexity index is 934. The van der Waals surface area contributed by atoms with Gasteiger partial charge in [-0.1, -0.05) is 6.07 Å². The van der Waals surface area contributed by atoms with E-state index < -0.39 is 30.4 Å². The first-order chi connectivity index (χ1) is 14.6. The Hall–Kier alpha value is -2.83. The molecule has 1 saturated heterocycles. The Balaban J connectivity index is 1.38. The molecular weight excluding hydrogens is 407 g/mol. The number of ether oxygens (including phenoxy) is 1. The van der Waals surface area contributed by atoms with Gasteiger partial charge in [0.1, 0.15) is 28.7 Å². The monoisotopic (exact) mass is 432 g/mol. The molecule has 0 spiro atoms. The minimum Gasteiger partial charge on any atom is -0.535 e. The van der Waals surface area contributed by atoms with Crippen molar-refractivity contribution in [3.05, 3.63) is 23.3 Å². The van der Waals surface area contributed by atoms with Crippen LogP contribution < -0.4 is 26.2 Å². The van der Waals surface area contributed by atoms with Crippen LogP contribution in [0.4, 0.5) is 0 Å². The molecule has 3 atom stereocenters. The normalized spacial score (nSPS) is 24.0. The molecule has 2 aliphatic heterocycles. The molecule has 7 N–H and O–H groups in total. The van der Waals surface area contributed by atoms with E-state index in [9.17, 15) is 24.5 Å². The van der Waals surface area contributed by atoms with Gasteiger partial charge in [-0.25, -0.2) is 4.79 Å². The van der Waals surface area contributed by atoms with E-state index in [0.29, 0.717) is 13.1 Å². The van der Waals surface area contributed by atoms with Gasteiger partial charge in [0, 0.05) is 25.5 Å². The van der Waals surface area contributed by atoms with Gasteiger partial charge < -0.3 is 36.3 Å². The number of benzene rings is 1. The van der Waals surface area contributed by atoms with Gasteiger partial charge in [-0.15, -0.1) is 0 Å². The number of nitrogens with two attached hydrogens (primary N) is 2. The molecule has 0 aromatic heterocycles. The molecular formula is C19H25BN4O7. The number of carboxylic acids is 1. The summed E-state index contributed by atoms with van der Waals surface area (Å²) in [7, 11) is -1.01. The summed E-state index contributed by atoms with van der Waals surface area (Å²) in [5, 5.41) is 22.1. The molecule has 2 fully saturated rings. The Kier molecular flexibility index (Phi) is 5.32. The molecule has 0 bridgehead atoms. The summed E-state index contributed by atoms with van der Waals surface area (Å²) in [6.07, 6.45) is 0.485. The number of rotatable bonds is 8. The topological polar surface area (TPSA) is 177 Å². The highest BCUT2D eigenvalue weighted by Gasteiger charge is 2.54. The van der Waals surface area contributed by atoms with Gasteiger partial charge in [0.2, 0.25) is 11.8 Å². The smallest absolute Gasteiger partial charge is 0.526 e. The van der Waals surface area contributed by atoms with E-state index in [1.165, 1.54) is 0 Å². The van der Waals surface area contributed by atoms with E-state index in [2.05, 4.69) is 5.32 Å². The summed E-state index contributed by atoms with van der Waals surface area (Å²) < 4.78 is 11.4. The molecule has 31 heavy (non-hydrogen) atoms. The van der Waals surface area contributed by atoms with Crippen molar-refractivity contribution in [3.63, 3.8) is 0 Å². The predicted octanol–water partition coefficient (Wildman–Crippen LogP) is -1.50. The van der Waals surface area contributed by atoms with Crippen LogP contribution >= 0.6 is 0 Å². The molecule has 2 amide bonds. The maximum absolute atomic E-state index is 12.1. The van der Waals surface area contributed by atoms with Crippen LogP contribution in [0.25, 0.3) is 0 Å². The lowest BCUT2D eigenvalue weighted by molar-refractivity contribution is -0.129. The lowest BCUT2D eigenvalue weighted by atomic mass is 9.77. The fourth-order valence-corrected chi connectivity index (χ4v) is 4.21. The molecule has 1 aromatic carbocycles. The maximum Gasteiger partial charge on any atom is 0.526 e. The molecule has 4 rings (SSSR count). The Labute approximate surface area is 178 Å². The first-order valence-corrected chi connectivity index (χ1v) is 10.1. The molecule has 1 aliphatic carbocycles. The SMILES string of the molecule is CC(N)(CN1CC(Oc2ccc3c(c2C(=O)O)OB(O)C2CC32)C1)C(=O)NCC(N)=O. The predicted molar refractivity (Wildman–Crippen MR) is 109 cm³/mol. The third-order valence-electron chi connectivity index (χ3n) is 5.92. The highest BCUT2D eigenvalue weighted by atomic mass is 16.5. The molecule has 166 valence electrons. The molecule has 11 nitrogen and oxygen atoms in total. The number of hydrogen-bond donors (Lipinski definition) is 5. The summed E-state index contributed by atoms with van der Waals surface area (Å²) in [5.41, 5.74) is 10.5. The molecule has 3 aliphatic rings. The van der Waals surface area contributed by atoms with Gasteiger partial charge in [0.25, 0.3) is 0 Å². The zero-order valence-corrected chi connectivity index (χ0v) is 17.0. The van der Waals surface area contributed by atoms with E-state index in [0.717, 1.165) is 12.0 Å². The zero-order chi connectivity index (χ0) is 22.5. The third-order valence-corrected chi connectivity index (χ3v) is 5.92. The number of amides is 2. The van der Waals surface area contributed by atoms with E-state index in [4.69, 9.17) is 20.9 Å². The van der Waals surface area contributed by atoms with Crippen molar-refractivity contribution in [3.8, 4) is 11.5 Å². The van der Waals surface area contributed by atoms with E-state index in [-0.39, 0.29) is 48.0 Å². The van der Waals surface area contributed by atoms with Crippen LogP contribution in [0.5, 0.6) is 11.5 Å². The number of carboxylic acid groups (broad SMARTS) is 1. The van der Waals surface area contributed by atoms with Crippen LogP contribution in [-0.2, 0) is 9.59 Å². The van der Waals surface area contributed by atoms with Gasteiger partial charge in [0.15, 0.2) is 0 Å². The van der Waals surface area contributed by atoms with Crippen molar-refractivity contribution in [1.29, 1.82) is 0 Å². The first-order valence-electron chi connectivity index (χ1n) is 10.1. The number of primary amides is 1. The van der Waals surface area contributed by atoms with Gasteiger partial charge in [-0.05, 0) is 30.9 Å². The average Bonchev–Trinajstić information content (AvgIpc) is 3.45. The highest BCUT2D eigenvalue weighted by molar-refractivity contribution is 6.48. The zero-order valence-electron chi connectivity index (χ0n) is 17.0. The number of carbonyl (C=O) groups excluding carboxylic acids is 2. The van der Waals surface area contributed by atoms with Gasteiger partial charge in [-0.3, -0.25) is 14.5 Å². The van der Waals surface area contributed by atoms with E-state index in [1.54, 1.807) is 19.1 Å². The fraction of sp³-hybridized carbons (Fsp3) is 0.526. The van der Waals surface area contributed by atoms with Crippen LogP contribution in [0, 0.1) is 0 Å². The number of fused-ring (bicyclic) bond motifs is 3. The van der Waals surface area contributed by atoms with Crippen LogP contribution in [-0.4, -0.2) is 77.8 Å². The number of hydrogen-bond acceptors (Lipinski definition) is 8. The van der Waals surface area contributed by atoms with Crippen molar-refractivity contribution in [2.45, 2.75) is 36.7 Å². The van der Waals surface area contributed by atoms with Crippen molar-refractivity contribution < 1.29 is 33.9 Å². The van der Waals surface area contributed by atoms with Crippen molar-refractivity contribution in [2.75, 3.05) is 26.2 Å². The fourth-order valence-electron chi connectivity index (χ4n) is 4.21. The average molecular weight is 432 g/mol. The third kappa shape index (κ3) is 4.18. The number of nitrogens with one attached hydrogen (secondary N) is 1.